The molecule has 4 bridgehead atoms. The number of morpholine rings is 1. The molecule has 5 heteroatoms. The molecule has 1 aromatic heterocycles. The van der Waals surface area contributed by atoms with Crippen LogP contribution in [0, 0.1) is 17.3 Å². The normalized spacial score (nSPS) is 34.7. The summed E-state index contributed by atoms with van der Waals surface area (Å²) in [7, 11) is 0. The number of carbonyl (C=O) groups is 1. The summed E-state index contributed by atoms with van der Waals surface area (Å²) in [5.74, 6) is 2.14. The number of ketones is 1. The molecule has 1 saturated heterocycles. The zero-order valence-corrected chi connectivity index (χ0v) is 17.9. The molecule has 1 aromatic carbocycles. The molecule has 5 fully saturated rings. The largest absolute Gasteiger partial charge is 0.390 e. The number of rotatable bonds is 4. The first-order valence-corrected chi connectivity index (χ1v) is 11.7. The number of anilines is 1. The van der Waals surface area contributed by atoms with Gasteiger partial charge in [0.25, 0.3) is 0 Å². The average molecular weight is 419 g/mol. The highest BCUT2D eigenvalue weighted by Gasteiger charge is 2.59. The minimum absolute atomic E-state index is 0.195. The number of para-hydroxylation sites is 1. The Morgan fingerprint density at radius 3 is 2.61 bits per heavy atom. The highest BCUT2D eigenvalue weighted by molar-refractivity contribution is 5.99. The topological polar surface area (TPSA) is 62.7 Å². The first-order chi connectivity index (χ1) is 15.0. The van der Waals surface area contributed by atoms with E-state index in [0.29, 0.717) is 31.5 Å². The third-order valence-corrected chi connectivity index (χ3v) is 8.01. The summed E-state index contributed by atoms with van der Waals surface area (Å²) in [5, 5.41) is 12.1. The Morgan fingerprint density at radius 1 is 1.13 bits per heavy atom. The molecule has 0 spiro atoms. The maximum atomic E-state index is 13.5. The summed E-state index contributed by atoms with van der Waals surface area (Å²) < 4.78 is 5.53. The molecule has 2 atom stereocenters. The SMILES string of the molecule is O=C(C=Cc1cc2ccccc2nc1N1CCOCC1)C12CC3CC(CC(O)(C3)C1)C2. The Bertz CT molecular complexity index is 1040. The molecular formula is C26H30N2O3. The van der Waals surface area contributed by atoms with Gasteiger partial charge in [-0.1, -0.05) is 18.2 Å². The van der Waals surface area contributed by atoms with Crippen LogP contribution in [0.1, 0.15) is 44.1 Å². The van der Waals surface area contributed by atoms with Crippen molar-refractivity contribution in [1.29, 1.82) is 0 Å². The summed E-state index contributed by atoms with van der Waals surface area (Å²) in [6.07, 6.45) is 9.25. The summed E-state index contributed by atoms with van der Waals surface area (Å²) in [6.45, 7) is 3.00. The van der Waals surface area contributed by atoms with E-state index in [1.807, 2.05) is 24.3 Å². The number of nitrogens with zero attached hydrogens (tertiary/aromatic N) is 2. The highest BCUT2D eigenvalue weighted by Crippen LogP contribution is 2.62. The second-order valence-corrected chi connectivity index (χ2v) is 10.4. The molecule has 2 aromatic rings. The maximum absolute atomic E-state index is 13.5. The van der Waals surface area contributed by atoms with Gasteiger partial charge in [-0.25, -0.2) is 4.98 Å². The monoisotopic (exact) mass is 418 g/mol. The van der Waals surface area contributed by atoms with E-state index >= 15 is 0 Å². The predicted octanol–water partition coefficient (Wildman–Crippen LogP) is 3.99. The number of ether oxygens (including phenoxy) is 1. The third kappa shape index (κ3) is 3.39. The first-order valence-electron chi connectivity index (χ1n) is 11.7. The Balaban J connectivity index is 1.34. The quantitative estimate of drug-likeness (QED) is 0.761. The van der Waals surface area contributed by atoms with Gasteiger partial charge in [0, 0.05) is 29.5 Å². The van der Waals surface area contributed by atoms with Gasteiger partial charge >= 0.3 is 0 Å². The number of allylic oxidation sites excluding steroid dienone is 1. The lowest BCUT2D eigenvalue weighted by Gasteiger charge is -2.59. The van der Waals surface area contributed by atoms with E-state index < -0.39 is 5.60 Å². The fraction of sp³-hybridized carbons (Fsp3) is 0.538. The van der Waals surface area contributed by atoms with Gasteiger partial charge in [-0.05, 0) is 74.6 Å². The second kappa shape index (κ2) is 7.14. The van der Waals surface area contributed by atoms with Crippen LogP contribution in [-0.4, -0.2) is 47.8 Å². The van der Waals surface area contributed by atoms with E-state index in [4.69, 9.17) is 9.72 Å². The van der Waals surface area contributed by atoms with Crippen molar-refractivity contribution in [1.82, 2.24) is 4.98 Å². The van der Waals surface area contributed by atoms with Crippen molar-refractivity contribution in [3.63, 3.8) is 0 Å². The Morgan fingerprint density at radius 2 is 1.87 bits per heavy atom. The minimum Gasteiger partial charge on any atom is -0.390 e. The molecule has 0 amide bonds. The van der Waals surface area contributed by atoms with Gasteiger partial charge < -0.3 is 14.7 Å². The van der Waals surface area contributed by atoms with E-state index in [1.165, 1.54) is 6.42 Å². The summed E-state index contributed by atoms with van der Waals surface area (Å²) >= 11 is 0. The number of hydrogen-bond donors (Lipinski definition) is 1. The lowest BCUT2D eigenvalue weighted by atomic mass is 9.47. The zero-order valence-electron chi connectivity index (χ0n) is 17.9. The van der Waals surface area contributed by atoms with Crippen molar-refractivity contribution in [3.05, 3.63) is 42.0 Å². The molecule has 2 heterocycles. The average Bonchev–Trinajstić information content (AvgIpc) is 2.75. The van der Waals surface area contributed by atoms with Crippen LogP contribution >= 0.6 is 0 Å². The van der Waals surface area contributed by atoms with Crippen molar-refractivity contribution in [3.8, 4) is 0 Å². The van der Waals surface area contributed by atoms with Gasteiger partial charge in [0.05, 0.1) is 24.3 Å². The molecule has 5 nitrogen and oxygen atoms in total. The Hall–Kier alpha value is -2.24. The molecule has 31 heavy (non-hydrogen) atoms. The van der Waals surface area contributed by atoms with Gasteiger partial charge in [0.2, 0.25) is 0 Å². The molecule has 4 saturated carbocycles. The van der Waals surface area contributed by atoms with E-state index in [9.17, 15) is 9.90 Å². The Kier molecular flexibility index (Phi) is 4.48. The number of pyridine rings is 1. The lowest BCUT2D eigenvalue weighted by Crippen LogP contribution is -2.57. The van der Waals surface area contributed by atoms with Crippen molar-refractivity contribution in [2.24, 2.45) is 17.3 Å². The number of fused-ring (bicyclic) bond motifs is 1. The van der Waals surface area contributed by atoms with Crippen LogP contribution in [0.4, 0.5) is 5.82 Å². The molecule has 1 aliphatic heterocycles. The number of aliphatic hydroxyl groups is 1. The third-order valence-electron chi connectivity index (χ3n) is 8.01. The van der Waals surface area contributed by atoms with E-state index in [0.717, 1.165) is 61.1 Å². The van der Waals surface area contributed by atoms with Crippen molar-refractivity contribution in [2.45, 2.75) is 44.1 Å². The molecular weight excluding hydrogens is 388 g/mol. The van der Waals surface area contributed by atoms with Crippen LogP contribution in [0.2, 0.25) is 0 Å². The van der Waals surface area contributed by atoms with Gasteiger partial charge in [-0.2, -0.15) is 0 Å². The molecule has 7 rings (SSSR count). The number of carbonyl (C=O) groups excluding carboxylic acids is 1. The van der Waals surface area contributed by atoms with Crippen molar-refractivity contribution >= 4 is 28.6 Å². The van der Waals surface area contributed by atoms with Crippen LogP contribution in [0.15, 0.2) is 36.4 Å². The molecule has 4 aliphatic carbocycles. The molecule has 0 radical (unpaired) electrons. The fourth-order valence-electron chi connectivity index (χ4n) is 7.12. The molecule has 5 aliphatic rings. The van der Waals surface area contributed by atoms with E-state index in [-0.39, 0.29) is 11.2 Å². The molecule has 162 valence electrons. The number of hydrogen-bond acceptors (Lipinski definition) is 5. The highest BCUT2D eigenvalue weighted by atomic mass is 16.5. The van der Waals surface area contributed by atoms with E-state index in [1.54, 1.807) is 6.08 Å². The van der Waals surface area contributed by atoms with Gasteiger partial charge in [-0.15, -0.1) is 0 Å². The standard InChI is InChI=1S/C26H30N2O3/c29-23(25-13-18-11-19(14-25)16-26(30,15-18)17-25)6-5-21-12-20-3-1-2-4-22(20)27-24(21)28-7-9-31-10-8-28/h1-6,12,18-19,30H,7-11,13-17H2. The van der Waals surface area contributed by atoms with Gasteiger partial charge in [-0.3, -0.25) is 4.79 Å². The maximum Gasteiger partial charge on any atom is 0.161 e. The molecule has 1 N–H and O–H groups in total. The van der Waals surface area contributed by atoms with Crippen LogP contribution in [0.5, 0.6) is 0 Å². The van der Waals surface area contributed by atoms with Crippen molar-refractivity contribution < 1.29 is 14.6 Å². The van der Waals surface area contributed by atoms with Crippen LogP contribution in [0.3, 0.4) is 0 Å². The summed E-state index contributed by atoms with van der Waals surface area (Å²) in [6, 6.07) is 10.3. The van der Waals surface area contributed by atoms with Gasteiger partial charge in [0.1, 0.15) is 5.82 Å². The predicted molar refractivity (Wildman–Crippen MR) is 121 cm³/mol. The minimum atomic E-state index is -0.614. The lowest BCUT2D eigenvalue weighted by molar-refractivity contribution is -0.173. The summed E-state index contributed by atoms with van der Waals surface area (Å²) in [4.78, 5) is 20.7. The Labute approximate surface area is 183 Å². The smallest absolute Gasteiger partial charge is 0.161 e. The first kappa shape index (κ1) is 19.4. The number of benzene rings is 1. The number of aromatic nitrogens is 1. The fourth-order valence-corrected chi connectivity index (χ4v) is 7.12. The molecule has 2 unspecified atom stereocenters. The van der Waals surface area contributed by atoms with E-state index in [2.05, 4.69) is 17.0 Å². The van der Waals surface area contributed by atoms with Gasteiger partial charge in [0.15, 0.2) is 5.78 Å². The second-order valence-electron chi connectivity index (χ2n) is 10.4. The van der Waals surface area contributed by atoms with Crippen LogP contribution < -0.4 is 4.90 Å². The summed E-state index contributed by atoms with van der Waals surface area (Å²) in [5.41, 5.74) is 0.976. The van der Waals surface area contributed by atoms with Crippen LogP contribution in [0.25, 0.3) is 17.0 Å². The van der Waals surface area contributed by atoms with Crippen molar-refractivity contribution in [2.75, 3.05) is 31.2 Å². The van der Waals surface area contributed by atoms with Crippen LogP contribution in [-0.2, 0) is 9.53 Å². The zero-order chi connectivity index (χ0) is 21.1.